The number of ether oxygens (including phenoxy) is 6. The van der Waals surface area contributed by atoms with E-state index in [4.69, 9.17) is 37.9 Å². The summed E-state index contributed by atoms with van der Waals surface area (Å²) in [5, 5.41) is 5.33. The van der Waals surface area contributed by atoms with E-state index in [1.165, 1.54) is 4.70 Å². The van der Waals surface area contributed by atoms with Crippen LogP contribution < -0.4 is 28.4 Å². The normalized spacial score (nSPS) is 13.6. The first-order valence-corrected chi connectivity index (χ1v) is 19.0. The lowest BCUT2D eigenvalue weighted by Crippen LogP contribution is -2.47. The summed E-state index contributed by atoms with van der Waals surface area (Å²) < 4.78 is 41.4. The minimum absolute atomic E-state index is 0.518. The van der Waals surface area contributed by atoms with Gasteiger partial charge in [0.05, 0.1) is 51.9 Å². The van der Waals surface area contributed by atoms with Crippen molar-refractivity contribution in [1.29, 1.82) is 0 Å². The topological polar surface area (TPSA) is 101 Å². The molecule has 0 N–H and O–H groups in total. The molecule has 1 saturated heterocycles. The fourth-order valence-electron chi connectivity index (χ4n) is 6.62. The Bertz CT molecular complexity index is 2080. The van der Waals surface area contributed by atoms with Crippen LogP contribution in [0.15, 0.2) is 89.5 Å². The molecule has 282 valence electrons. The number of benzene rings is 4. The average Bonchev–Trinajstić information content (AvgIpc) is 3.90. The number of hydrogen-bond donors (Lipinski definition) is 0. The number of rotatable bonds is 17. The molecular formula is C42H46N4O7S. The highest BCUT2D eigenvalue weighted by Crippen LogP contribution is 2.42. The predicted molar refractivity (Wildman–Crippen MR) is 212 cm³/mol. The van der Waals surface area contributed by atoms with Crippen molar-refractivity contribution in [2.45, 2.75) is 12.8 Å². The molecule has 0 radical (unpaired) electrons. The molecule has 1 fully saturated rings. The summed E-state index contributed by atoms with van der Waals surface area (Å²) in [6, 6.07) is 27.8. The molecule has 0 bridgehead atoms. The second-order valence-electron chi connectivity index (χ2n) is 13.0. The molecule has 12 heteroatoms. The van der Waals surface area contributed by atoms with Crippen LogP contribution in [-0.2, 0) is 0 Å². The molecule has 1 aliphatic heterocycles. The van der Waals surface area contributed by atoms with Crippen LogP contribution in [0.5, 0.6) is 34.5 Å². The van der Waals surface area contributed by atoms with Gasteiger partial charge in [-0.2, -0.15) is 0 Å². The van der Waals surface area contributed by atoms with Gasteiger partial charge < -0.3 is 42.7 Å². The zero-order valence-electron chi connectivity index (χ0n) is 31.2. The van der Waals surface area contributed by atoms with Crippen LogP contribution in [0.2, 0.25) is 0 Å². The molecule has 0 unspecified atom stereocenters. The molecule has 0 aliphatic carbocycles. The Balaban J connectivity index is 0.840. The van der Waals surface area contributed by atoms with Gasteiger partial charge in [0.1, 0.15) is 16.5 Å². The quantitative estimate of drug-likeness (QED) is 0.0844. The van der Waals surface area contributed by atoms with E-state index in [1.54, 1.807) is 39.8 Å². The maximum atomic E-state index is 6.24. The number of hydrogen-bond acceptors (Lipinski definition) is 12. The van der Waals surface area contributed by atoms with E-state index in [2.05, 4.69) is 45.3 Å². The van der Waals surface area contributed by atoms with Crippen molar-refractivity contribution in [2.24, 2.45) is 0 Å². The van der Waals surface area contributed by atoms with Crippen molar-refractivity contribution in [3.8, 4) is 67.6 Å². The summed E-state index contributed by atoms with van der Waals surface area (Å²) in [6.45, 7) is 7.47. The van der Waals surface area contributed by atoms with Crippen LogP contribution in [0.25, 0.3) is 43.4 Å². The summed E-state index contributed by atoms with van der Waals surface area (Å²) in [5.74, 6) is 4.43. The Morgan fingerprint density at radius 2 is 1.31 bits per heavy atom. The zero-order valence-corrected chi connectivity index (χ0v) is 32.0. The van der Waals surface area contributed by atoms with E-state index in [0.717, 1.165) is 85.1 Å². The minimum Gasteiger partial charge on any atom is -0.494 e. The largest absolute Gasteiger partial charge is 0.494 e. The number of thiazole rings is 1. The van der Waals surface area contributed by atoms with Gasteiger partial charge in [-0.15, -0.1) is 11.3 Å². The number of methoxy groups -OCH3 is 4. The molecule has 7 rings (SSSR count). The summed E-state index contributed by atoms with van der Waals surface area (Å²) in [7, 11) is 6.39. The highest BCUT2D eigenvalue weighted by atomic mass is 32.1. The lowest BCUT2D eigenvalue weighted by atomic mass is 10.1. The van der Waals surface area contributed by atoms with Crippen LogP contribution in [0, 0.1) is 0 Å². The number of piperazine rings is 1. The summed E-state index contributed by atoms with van der Waals surface area (Å²) in [4.78, 5) is 9.83. The van der Waals surface area contributed by atoms with Gasteiger partial charge in [-0.1, -0.05) is 29.4 Å². The van der Waals surface area contributed by atoms with Crippen molar-refractivity contribution in [3.63, 3.8) is 0 Å². The molecule has 0 spiro atoms. The Morgan fingerprint density at radius 1 is 0.630 bits per heavy atom. The molecule has 54 heavy (non-hydrogen) atoms. The Morgan fingerprint density at radius 3 is 2.00 bits per heavy atom. The molecular weight excluding hydrogens is 705 g/mol. The van der Waals surface area contributed by atoms with Gasteiger partial charge >= 0.3 is 0 Å². The minimum atomic E-state index is 0.518. The fraction of sp³-hybridized carbons (Fsp3) is 0.333. The van der Waals surface area contributed by atoms with Gasteiger partial charge in [0.25, 0.3) is 0 Å². The first-order valence-electron chi connectivity index (χ1n) is 18.2. The number of para-hydroxylation sites is 1. The highest BCUT2D eigenvalue weighted by molar-refractivity contribution is 7.21. The Hall–Kier alpha value is -5.30. The van der Waals surface area contributed by atoms with Crippen molar-refractivity contribution < 1.29 is 32.9 Å². The second-order valence-corrected chi connectivity index (χ2v) is 14.0. The summed E-state index contributed by atoms with van der Waals surface area (Å²) in [5.41, 5.74) is 4.38. The van der Waals surface area contributed by atoms with Crippen LogP contribution in [0.1, 0.15) is 12.8 Å². The summed E-state index contributed by atoms with van der Waals surface area (Å²) >= 11 is 1.71. The van der Waals surface area contributed by atoms with E-state index >= 15 is 0 Å². The predicted octanol–water partition coefficient (Wildman–Crippen LogP) is 8.18. The van der Waals surface area contributed by atoms with Crippen molar-refractivity contribution in [2.75, 3.05) is 80.9 Å². The van der Waals surface area contributed by atoms with Crippen molar-refractivity contribution >= 4 is 21.6 Å². The van der Waals surface area contributed by atoms with Crippen molar-refractivity contribution in [1.82, 2.24) is 19.9 Å². The number of nitrogens with zero attached hydrogens (tertiary/aromatic N) is 4. The van der Waals surface area contributed by atoms with Crippen LogP contribution in [0.4, 0.5) is 0 Å². The third-order valence-corrected chi connectivity index (χ3v) is 10.6. The third-order valence-electron chi connectivity index (χ3n) is 9.52. The monoisotopic (exact) mass is 750 g/mol. The lowest BCUT2D eigenvalue weighted by Gasteiger charge is -2.34. The SMILES string of the molecule is COc1ccc(-c2cc(-c3cc(OC)c(OC)c(OC)c3)no2)cc1OCCCN1CCN(CCCOc2cccc(-c3nc4ccccc4s3)c2)CC1. The molecule has 0 atom stereocenters. The summed E-state index contributed by atoms with van der Waals surface area (Å²) in [6.07, 6.45) is 1.89. The van der Waals surface area contributed by atoms with Gasteiger partial charge in [-0.3, -0.25) is 0 Å². The van der Waals surface area contributed by atoms with Crippen LogP contribution in [-0.4, -0.2) is 101 Å². The van der Waals surface area contributed by atoms with E-state index in [1.807, 2.05) is 54.6 Å². The van der Waals surface area contributed by atoms with E-state index in [-0.39, 0.29) is 0 Å². The molecule has 6 aromatic rings. The molecule has 0 amide bonds. The van der Waals surface area contributed by atoms with Gasteiger partial charge in [0.15, 0.2) is 28.8 Å². The number of aromatic nitrogens is 2. The first-order chi connectivity index (χ1) is 26.5. The smallest absolute Gasteiger partial charge is 0.203 e. The molecule has 3 heterocycles. The van der Waals surface area contributed by atoms with Crippen molar-refractivity contribution in [3.05, 3.63) is 84.9 Å². The van der Waals surface area contributed by atoms with E-state index < -0.39 is 0 Å². The maximum absolute atomic E-state index is 6.24. The van der Waals surface area contributed by atoms with E-state index in [0.29, 0.717) is 53.4 Å². The molecule has 4 aromatic carbocycles. The average molecular weight is 751 g/mol. The Labute approximate surface area is 319 Å². The highest BCUT2D eigenvalue weighted by Gasteiger charge is 2.19. The second kappa shape index (κ2) is 17.7. The Kier molecular flexibility index (Phi) is 12.1. The third kappa shape index (κ3) is 8.73. The van der Waals surface area contributed by atoms with Gasteiger partial charge in [0, 0.05) is 62.0 Å². The molecule has 0 saturated carbocycles. The maximum Gasteiger partial charge on any atom is 0.203 e. The van der Waals surface area contributed by atoms with Gasteiger partial charge in [-0.25, -0.2) is 4.98 Å². The van der Waals surface area contributed by atoms with Crippen LogP contribution >= 0.6 is 11.3 Å². The molecule has 1 aliphatic rings. The lowest BCUT2D eigenvalue weighted by molar-refractivity contribution is 0.120. The first kappa shape index (κ1) is 37.0. The number of fused-ring (bicyclic) bond motifs is 1. The fourth-order valence-corrected chi connectivity index (χ4v) is 7.58. The van der Waals surface area contributed by atoms with Gasteiger partial charge in [-0.05, 0) is 67.4 Å². The van der Waals surface area contributed by atoms with Gasteiger partial charge in [0.2, 0.25) is 5.75 Å². The molecule has 11 nitrogen and oxygen atoms in total. The molecule has 2 aromatic heterocycles. The van der Waals surface area contributed by atoms with E-state index in [9.17, 15) is 0 Å². The zero-order chi connectivity index (χ0) is 37.3. The standard InChI is InChI=1S/C42H46N4O7S/c1-47-35-15-14-29(36-28-34(44-53-36)31-26-38(48-2)41(50-4)39(27-31)49-3)25-37(35)52-23-9-17-46-20-18-45(19-21-46)16-8-22-51-32-11-7-10-30(24-32)42-43-33-12-5-6-13-40(33)54-42/h5-7,10-15,24-28H,8-9,16-23H2,1-4H3. The van der Waals surface area contributed by atoms with Crippen LogP contribution in [0.3, 0.4) is 0 Å².